The Bertz CT molecular complexity index is 482. The molecule has 0 aliphatic rings. The Kier molecular flexibility index (Phi) is 3.67. The molecule has 0 saturated heterocycles. The number of hydrogen-bond acceptors (Lipinski definition) is 4. The van der Waals surface area contributed by atoms with Crippen LogP contribution in [0.2, 0.25) is 0 Å². The first-order valence-corrected chi connectivity index (χ1v) is 5.50. The van der Waals surface area contributed by atoms with E-state index in [1.54, 1.807) is 6.20 Å². The zero-order valence-corrected chi connectivity index (χ0v) is 9.72. The highest BCUT2D eigenvalue weighted by Crippen LogP contribution is 2.07. The lowest BCUT2D eigenvalue weighted by molar-refractivity contribution is 0.282. The molecule has 1 heterocycles. The summed E-state index contributed by atoms with van der Waals surface area (Å²) in [6.45, 7) is 2.65. The van der Waals surface area contributed by atoms with E-state index in [1.807, 2.05) is 37.3 Å². The van der Waals surface area contributed by atoms with Crippen molar-refractivity contribution < 1.29 is 5.11 Å². The first-order valence-electron chi connectivity index (χ1n) is 5.50. The minimum Gasteiger partial charge on any atom is -0.392 e. The lowest BCUT2D eigenvalue weighted by Crippen LogP contribution is -2.02. The second-order valence-corrected chi connectivity index (χ2v) is 3.82. The van der Waals surface area contributed by atoms with Crippen LogP contribution in [-0.2, 0) is 13.2 Å². The average Bonchev–Trinajstić information content (AvgIpc) is 2.37. The molecule has 17 heavy (non-hydrogen) atoms. The Morgan fingerprint density at radius 3 is 2.47 bits per heavy atom. The smallest absolute Gasteiger partial charge is 0.129 e. The van der Waals surface area contributed by atoms with Crippen molar-refractivity contribution in [3.8, 4) is 0 Å². The van der Waals surface area contributed by atoms with Gasteiger partial charge in [-0.25, -0.2) is 9.97 Å². The normalized spacial score (nSPS) is 10.2. The molecule has 4 nitrogen and oxygen atoms in total. The number of aryl methyl sites for hydroxylation is 1. The summed E-state index contributed by atoms with van der Waals surface area (Å²) in [5, 5.41) is 12.2. The van der Waals surface area contributed by atoms with Gasteiger partial charge in [0.1, 0.15) is 11.6 Å². The van der Waals surface area contributed by atoms with Crippen molar-refractivity contribution in [3.05, 3.63) is 53.5 Å². The third kappa shape index (κ3) is 3.26. The predicted octanol–water partition coefficient (Wildman–Crippen LogP) is 1.89. The first kappa shape index (κ1) is 11.5. The van der Waals surface area contributed by atoms with Gasteiger partial charge in [0.15, 0.2) is 0 Å². The van der Waals surface area contributed by atoms with Crippen LogP contribution in [0.5, 0.6) is 0 Å². The van der Waals surface area contributed by atoms with E-state index in [4.69, 9.17) is 5.11 Å². The number of rotatable bonds is 4. The third-order valence-corrected chi connectivity index (χ3v) is 2.46. The maximum absolute atomic E-state index is 8.93. The fraction of sp³-hybridized carbons (Fsp3) is 0.231. The van der Waals surface area contributed by atoms with Crippen molar-refractivity contribution >= 4 is 5.82 Å². The Morgan fingerprint density at radius 2 is 1.82 bits per heavy atom. The Labute approximate surface area is 100 Å². The lowest BCUT2D eigenvalue weighted by Gasteiger charge is -2.06. The monoisotopic (exact) mass is 229 g/mol. The molecule has 2 N–H and O–H groups in total. The Balaban J connectivity index is 1.97. The summed E-state index contributed by atoms with van der Waals surface area (Å²) in [6.07, 6.45) is 1.74. The standard InChI is InChI=1S/C13H15N3O/c1-10-14-7-6-13(16-10)15-8-11-2-4-12(9-17)5-3-11/h2-7,17H,8-9H2,1H3,(H,14,15,16). The molecule has 2 rings (SSSR count). The number of benzene rings is 1. The molecule has 0 aliphatic carbocycles. The Hall–Kier alpha value is -1.94. The van der Waals surface area contributed by atoms with Gasteiger partial charge in [-0.1, -0.05) is 24.3 Å². The summed E-state index contributed by atoms with van der Waals surface area (Å²) >= 11 is 0. The van der Waals surface area contributed by atoms with Crippen LogP contribution >= 0.6 is 0 Å². The summed E-state index contributed by atoms with van der Waals surface area (Å²) in [4.78, 5) is 8.30. The molecule has 2 aromatic rings. The molecule has 0 aliphatic heterocycles. The van der Waals surface area contributed by atoms with Crippen molar-refractivity contribution in [1.82, 2.24) is 9.97 Å². The number of aliphatic hydroxyl groups excluding tert-OH is 1. The number of nitrogens with one attached hydrogen (secondary N) is 1. The van der Waals surface area contributed by atoms with Gasteiger partial charge in [0.2, 0.25) is 0 Å². The molecule has 0 spiro atoms. The van der Waals surface area contributed by atoms with E-state index in [9.17, 15) is 0 Å². The molecule has 0 radical (unpaired) electrons. The largest absolute Gasteiger partial charge is 0.392 e. The van der Waals surface area contributed by atoms with Crippen LogP contribution < -0.4 is 5.32 Å². The van der Waals surface area contributed by atoms with Gasteiger partial charge >= 0.3 is 0 Å². The first-order chi connectivity index (χ1) is 8.28. The topological polar surface area (TPSA) is 58.0 Å². The van der Waals surface area contributed by atoms with Crippen molar-refractivity contribution in [1.29, 1.82) is 0 Å². The van der Waals surface area contributed by atoms with Crippen LogP contribution in [0.4, 0.5) is 5.82 Å². The molecule has 0 bridgehead atoms. The van der Waals surface area contributed by atoms with Crippen LogP contribution in [-0.4, -0.2) is 15.1 Å². The SMILES string of the molecule is Cc1nccc(NCc2ccc(CO)cc2)n1. The van der Waals surface area contributed by atoms with Gasteiger partial charge in [0, 0.05) is 12.7 Å². The van der Waals surface area contributed by atoms with Gasteiger partial charge in [0.05, 0.1) is 6.61 Å². The quantitative estimate of drug-likeness (QED) is 0.840. The van der Waals surface area contributed by atoms with E-state index in [0.29, 0.717) is 6.54 Å². The molecular formula is C13H15N3O. The van der Waals surface area contributed by atoms with Crippen molar-refractivity contribution in [3.63, 3.8) is 0 Å². The molecule has 1 aromatic heterocycles. The van der Waals surface area contributed by atoms with Gasteiger partial charge in [-0.05, 0) is 24.1 Å². The second kappa shape index (κ2) is 5.41. The van der Waals surface area contributed by atoms with Gasteiger partial charge in [-0.15, -0.1) is 0 Å². The highest BCUT2D eigenvalue weighted by molar-refractivity contribution is 5.34. The highest BCUT2D eigenvalue weighted by atomic mass is 16.3. The number of nitrogens with zero attached hydrogens (tertiary/aromatic N) is 2. The minimum atomic E-state index is 0.0822. The molecule has 0 saturated carbocycles. The molecule has 4 heteroatoms. The summed E-state index contributed by atoms with van der Waals surface area (Å²) in [6, 6.07) is 9.67. The van der Waals surface area contributed by atoms with Crippen molar-refractivity contribution in [2.45, 2.75) is 20.1 Å². The zero-order valence-electron chi connectivity index (χ0n) is 9.72. The third-order valence-electron chi connectivity index (χ3n) is 2.46. The minimum absolute atomic E-state index is 0.0822. The summed E-state index contributed by atoms with van der Waals surface area (Å²) in [5.41, 5.74) is 2.07. The molecule has 1 aromatic carbocycles. The van der Waals surface area contributed by atoms with E-state index in [1.165, 1.54) is 0 Å². The van der Waals surface area contributed by atoms with Gasteiger partial charge in [0.25, 0.3) is 0 Å². The van der Waals surface area contributed by atoms with Crippen LogP contribution in [0.3, 0.4) is 0 Å². The van der Waals surface area contributed by atoms with Crippen LogP contribution in [0.1, 0.15) is 17.0 Å². The zero-order chi connectivity index (χ0) is 12.1. The van der Waals surface area contributed by atoms with Gasteiger partial charge < -0.3 is 10.4 Å². The summed E-state index contributed by atoms with van der Waals surface area (Å²) < 4.78 is 0. The molecule has 0 atom stereocenters. The average molecular weight is 229 g/mol. The second-order valence-electron chi connectivity index (χ2n) is 3.82. The van der Waals surface area contributed by atoms with Gasteiger partial charge in [-0.2, -0.15) is 0 Å². The van der Waals surface area contributed by atoms with Gasteiger partial charge in [-0.3, -0.25) is 0 Å². The van der Waals surface area contributed by atoms with E-state index >= 15 is 0 Å². The van der Waals surface area contributed by atoms with E-state index < -0.39 is 0 Å². The molecular weight excluding hydrogens is 214 g/mol. The fourth-order valence-corrected chi connectivity index (χ4v) is 1.51. The lowest BCUT2D eigenvalue weighted by atomic mass is 10.1. The molecule has 0 unspecified atom stereocenters. The molecule has 0 fully saturated rings. The van der Waals surface area contributed by atoms with E-state index in [2.05, 4.69) is 15.3 Å². The van der Waals surface area contributed by atoms with E-state index in [0.717, 1.165) is 22.8 Å². The number of aromatic nitrogens is 2. The summed E-state index contributed by atoms with van der Waals surface area (Å²) in [7, 11) is 0. The number of hydrogen-bond donors (Lipinski definition) is 2. The fourth-order valence-electron chi connectivity index (χ4n) is 1.51. The van der Waals surface area contributed by atoms with Crippen molar-refractivity contribution in [2.75, 3.05) is 5.32 Å². The van der Waals surface area contributed by atoms with Crippen molar-refractivity contribution in [2.24, 2.45) is 0 Å². The number of aliphatic hydroxyl groups is 1. The van der Waals surface area contributed by atoms with Crippen LogP contribution in [0.15, 0.2) is 36.5 Å². The van der Waals surface area contributed by atoms with E-state index in [-0.39, 0.29) is 6.61 Å². The Morgan fingerprint density at radius 1 is 1.12 bits per heavy atom. The number of anilines is 1. The maximum Gasteiger partial charge on any atom is 0.129 e. The predicted molar refractivity (Wildman–Crippen MR) is 66.5 cm³/mol. The molecule has 0 amide bonds. The summed E-state index contributed by atoms with van der Waals surface area (Å²) in [5.74, 6) is 1.58. The van der Waals surface area contributed by atoms with Crippen LogP contribution in [0.25, 0.3) is 0 Å². The maximum atomic E-state index is 8.93. The van der Waals surface area contributed by atoms with Crippen LogP contribution in [0, 0.1) is 6.92 Å². The molecule has 88 valence electrons. The highest BCUT2D eigenvalue weighted by Gasteiger charge is 1.96.